The van der Waals surface area contributed by atoms with Crippen LogP contribution in [0.3, 0.4) is 0 Å². The van der Waals surface area contributed by atoms with Crippen LogP contribution in [-0.2, 0) is 11.2 Å². The first-order chi connectivity index (χ1) is 18.8. The summed E-state index contributed by atoms with van der Waals surface area (Å²) in [4.78, 5) is 36.4. The Kier molecular flexibility index (Phi) is 9.38. The SMILES string of the molecule is CCc1ccc(-n2c(C(CC)N(CCN(C)C)C(=O)COc3ccc(Cl)cc3)nc3ccccc3c2=O)cc1. The molecule has 0 saturated heterocycles. The van der Waals surface area contributed by atoms with E-state index in [4.69, 9.17) is 21.3 Å². The van der Waals surface area contributed by atoms with Crippen molar-refractivity contribution in [1.82, 2.24) is 19.4 Å². The van der Waals surface area contributed by atoms with Crippen LogP contribution in [0.5, 0.6) is 5.75 Å². The Morgan fingerprint density at radius 1 is 0.974 bits per heavy atom. The molecule has 1 aromatic heterocycles. The van der Waals surface area contributed by atoms with Gasteiger partial charge in [-0.25, -0.2) is 4.98 Å². The molecule has 0 saturated carbocycles. The maximum absolute atomic E-state index is 13.9. The predicted molar refractivity (Wildman–Crippen MR) is 157 cm³/mol. The van der Waals surface area contributed by atoms with Gasteiger partial charge in [0, 0.05) is 18.1 Å². The lowest BCUT2D eigenvalue weighted by molar-refractivity contribution is -0.136. The van der Waals surface area contributed by atoms with Gasteiger partial charge in [0.25, 0.3) is 11.5 Å². The molecule has 204 valence electrons. The topological polar surface area (TPSA) is 67.7 Å². The maximum Gasteiger partial charge on any atom is 0.266 e. The quantitative estimate of drug-likeness (QED) is 0.248. The Morgan fingerprint density at radius 3 is 2.31 bits per heavy atom. The van der Waals surface area contributed by atoms with Crippen LogP contribution < -0.4 is 10.3 Å². The van der Waals surface area contributed by atoms with Crippen molar-refractivity contribution in [2.75, 3.05) is 33.8 Å². The molecule has 0 radical (unpaired) electrons. The van der Waals surface area contributed by atoms with Gasteiger partial charge in [0.2, 0.25) is 0 Å². The Labute approximate surface area is 234 Å². The van der Waals surface area contributed by atoms with Gasteiger partial charge in [-0.15, -0.1) is 0 Å². The van der Waals surface area contributed by atoms with Gasteiger partial charge in [-0.2, -0.15) is 0 Å². The number of ether oxygens (including phenoxy) is 1. The summed E-state index contributed by atoms with van der Waals surface area (Å²) < 4.78 is 7.48. The molecule has 0 bridgehead atoms. The predicted octanol–water partition coefficient (Wildman–Crippen LogP) is 5.52. The van der Waals surface area contributed by atoms with Crippen molar-refractivity contribution < 1.29 is 9.53 Å². The number of benzene rings is 3. The molecular weight excluding hydrogens is 512 g/mol. The monoisotopic (exact) mass is 546 g/mol. The van der Waals surface area contributed by atoms with Gasteiger partial charge < -0.3 is 14.5 Å². The van der Waals surface area contributed by atoms with E-state index in [0.29, 0.717) is 47.0 Å². The maximum atomic E-state index is 13.9. The zero-order valence-electron chi connectivity index (χ0n) is 22.9. The van der Waals surface area contributed by atoms with E-state index < -0.39 is 6.04 Å². The largest absolute Gasteiger partial charge is 0.484 e. The third kappa shape index (κ3) is 6.67. The van der Waals surface area contributed by atoms with E-state index in [1.807, 2.05) is 68.4 Å². The first kappa shape index (κ1) is 28.3. The van der Waals surface area contributed by atoms with Crippen molar-refractivity contribution in [2.24, 2.45) is 0 Å². The molecule has 0 N–H and O–H groups in total. The molecule has 0 aliphatic heterocycles. The molecular formula is C31H35ClN4O3. The van der Waals surface area contributed by atoms with E-state index in [-0.39, 0.29) is 18.1 Å². The molecule has 8 heteroatoms. The van der Waals surface area contributed by atoms with Crippen LogP contribution in [0.1, 0.15) is 37.7 Å². The van der Waals surface area contributed by atoms with Crippen LogP contribution in [0.25, 0.3) is 16.6 Å². The number of carbonyl (C=O) groups excluding carboxylic acids is 1. The van der Waals surface area contributed by atoms with Gasteiger partial charge in [0.05, 0.1) is 22.6 Å². The van der Waals surface area contributed by atoms with Gasteiger partial charge in [-0.3, -0.25) is 14.2 Å². The molecule has 7 nitrogen and oxygen atoms in total. The van der Waals surface area contributed by atoms with Crippen LogP contribution in [0, 0.1) is 0 Å². The molecule has 39 heavy (non-hydrogen) atoms. The molecule has 0 aliphatic carbocycles. The van der Waals surface area contributed by atoms with Gasteiger partial charge in [-0.05, 0) is 81.0 Å². The van der Waals surface area contributed by atoms with Gasteiger partial charge in [0.1, 0.15) is 11.6 Å². The van der Waals surface area contributed by atoms with Crippen LogP contribution in [0.2, 0.25) is 5.02 Å². The summed E-state index contributed by atoms with van der Waals surface area (Å²) in [6, 6.07) is 21.8. The van der Waals surface area contributed by atoms with Crippen molar-refractivity contribution in [2.45, 2.75) is 32.7 Å². The van der Waals surface area contributed by atoms with E-state index in [2.05, 4.69) is 6.92 Å². The van der Waals surface area contributed by atoms with Crippen molar-refractivity contribution in [3.05, 3.63) is 99.6 Å². The number of hydrogen-bond acceptors (Lipinski definition) is 5. The molecule has 3 aromatic carbocycles. The second-order valence-corrected chi connectivity index (χ2v) is 10.1. The summed E-state index contributed by atoms with van der Waals surface area (Å²) in [5.74, 6) is 0.906. The number of rotatable bonds is 11. The molecule has 4 aromatic rings. The van der Waals surface area contributed by atoms with E-state index >= 15 is 0 Å². The van der Waals surface area contributed by atoms with Crippen LogP contribution in [0.4, 0.5) is 0 Å². The summed E-state index contributed by atoms with van der Waals surface area (Å²) in [5, 5.41) is 1.13. The van der Waals surface area contributed by atoms with Crippen molar-refractivity contribution >= 4 is 28.4 Å². The Balaban J connectivity index is 1.79. The molecule has 1 amide bonds. The lowest BCUT2D eigenvalue weighted by Gasteiger charge is -2.33. The minimum atomic E-state index is -0.450. The van der Waals surface area contributed by atoms with Crippen LogP contribution in [-0.4, -0.2) is 59.0 Å². The lowest BCUT2D eigenvalue weighted by Crippen LogP contribution is -2.43. The second-order valence-electron chi connectivity index (χ2n) is 9.70. The Hall–Kier alpha value is -3.68. The fourth-order valence-corrected chi connectivity index (χ4v) is 4.69. The number of likely N-dealkylation sites (N-methyl/N-ethyl adjacent to an activating group) is 1. The molecule has 1 unspecified atom stereocenters. The summed E-state index contributed by atoms with van der Waals surface area (Å²) >= 11 is 5.99. The number of halogens is 1. The summed E-state index contributed by atoms with van der Waals surface area (Å²) in [7, 11) is 3.93. The van der Waals surface area contributed by atoms with E-state index in [1.54, 1.807) is 39.8 Å². The van der Waals surface area contributed by atoms with Gasteiger partial charge in [0.15, 0.2) is 6.61 Å². The number of para-hydroxylation sites is 1. The zero-order valence-corrected chi connectivity index (χ0v) is 23.7. The number of amides is 1. The zero-order chi connectivity index (χ0) is 27.9. The van der Waals surface area contributed by atoms with Gasteiger partial charge in [-0.1, -0.05) is 49.7 Å². The highest BCUT2D eigenvalue weighted by Gasteiger charge is 2.29. The minimum Gasteiger partial charge on any atom is -0.484 e. The fraction of sp³-hybridized carbons (Fsp3) is 0.323. The highest BCUT2D eigenvalue weighted by Crippen LogP contribution is 2.27. The average Bonchev–Trinajstić information content (AvgIpc) is 2.95. The Bertz CT molecular complexity index is 1470. The van der Waals surface area contributed by atoms with E-state index in [1.165, 1.54) is 5.56 Å². The first-order valence-corrected chi connectivity index (χ1v) is 13.6. The molecule has 4 rings (SSSR count). The first-order valence-electron chi connectivity index (χ1n) is 13.3. The normalized spacial score (nSPS) is 12.1. The second kappa shape index (κ2) is 12.9. The summed E-state index contributed by atoms with van der Waals surface area (Å²) in [6.45, 7) is 5.05. The third-order valence-corrected chi connectivity index (χ3v) is 7.00. The third-order valence-electron chi connectivity index (χ3n) is 6.75. The number of fused-ring (bicyclic) bond motifs is 1. The van der Waals surface area contributed by atoms with Gasteiger partial charge >= 0.3 is 0 Å². The minimum absolute atomic E-state index is 0.144. The van der Waals surface area contributed by atoms with Crippen molar-refractivity contribution in [3.63, 3.8) is 0 Å². The highest BCUT2D eigenvalue weighted by molar-refractivity contribution is 6.30. The number of aryl methyl sites for hydroxylation is 1. The number of nitrogens with zero attached hydrogens (tertiary/aromatic N) is 4. The van der Waals surface area contributed by atoms with Crippen molar-refractivity contribution in [3.8, 4) is 11.4 Å². The molecule has 0 fully saturated rings. The molecule has 1 heterocycles. The van der Waals surface area contributed by atoms with Crippen LogP contribution in [0.15, 0.2) is 77.6 Å². The summed E-state index contributed by atoms with van der Waals surface area (Å²) in [5.41, 5.74) is 2.35. The van der Waals surface area contributed by atoms with E-state index in [0.717, 1.165) is 12.1 Å². The number of hydrogen-bond donors (Lipinski definition) is 0. The molecule has 0 spiro atoms. The van der Waals surface area contributed by atoms with Crippen LogP contribution >= 0.6 is 11.6 Å². The van der Waals surface area contributed by atoms with E-state index in [9.17, 15) is 9.59 Å². The fourth-order valence-electron chi connectivity index (χ4n) is 4.57. The lowest BCUT2D eigenvalue weighted by atomic mass is 10.1. The standard InChI is InChI=1S/C31H35ClN4O3/c1-5-22-11-15-24(16-12-22)36-30(33-27-10-8-7-9-26(27)31(36)38)28(6-2)35(20-19-34(3)4)29(37)21-39-25-17-13-23(32)14-18-25/h7-18,28H,5-6,19-21H2,1-4H3. The highest BCUT2D eigenvalue weighted by atomic mass is 35.5. The summed E-state index contributed by atoms with van der Waals surface area (Å²) in [6.07, 6.45) is 1.47. The molecule has 1 atom stereocenters. The number of carbonyl (C=O) groups is 1. The Morgan fingerprint density at radius 2 is 1.67 bits per heavy atom. The smallest absolute Gasteiger partial charge is 0.266 e. The van der Waals surface area contributed by atoms with Crippen molar-refractivity contribution in [1.29, 1.82) is 0 Å². The number of aromatic nitrogens is 2. The molecule has 0 aliphatic rings. The average molecular weight is 547 g/mol.